The van der Waals surface area contributed by atoms with Gasteiger partial charge in [0.15, 0.2) is 11.3 Å². The second-order valence-electron chi connectivity index (χ2n) is 3.41. The van der Waals surface area contributed by atoms with Gasteiger partial charge in [-0.3, -0.25) is 0 Å². The number of nitrogens with one attached hydrogen (secondary N) is 1. The molecule has 0 fully saturated rings. The zero-order valence-corrected chi connectivity index (χ0v) is 9.07. The predicted molar refractivity (Wildman–Crippen MR) is 58.0 cm³/mol. The fourth-order valence-electron chi connectivity index (χ4n) is 1.57. The molecule has 0 amide bonds. The molecule has 4 heteroatoms. The first-order valence-electron chi connectivity index (χ1n) is 4.87. The van der Waals surface area contributed by atoms with Crippen molar-refractivity contribution in [2.45, 2.75) is 13.0 Å². The van der Waals surface area contributed by atoms with E-state index in [0.717, 1.165) is 22.4 Å². The van der Waals surface area contributed by atoms with Crippen molar-refractivity contribution in [2.24, 2.45) is 0 Å². The molecule has 1 heterocycles. The van der Waals surface area contributed by atoms with E-state index < -0.39 is 0 Å². The summed E-state index contributed by atoms with van der Waals surface area (Å²) in [6, 6.07) is 5.93. The summed E-state index contributed by atoms with van der Waals surface area (Å²) in [5.41, 5.74) is 0.775. The van der Waals surface area contributed by atoms with Gasteiger partial charge < -0.3 is 14.6 Å². The van der Waals surface area contributed by atoms with Crippen LogP contribution in [0.15, 0.2) is 22.7 Å². The maximum absolute atomic E-state index is 5.32. The molecule has 1 unspecified atom stereocenters. The summed E-state index contributed by atoms with van der Waals surface area (Å²) in [4.78, 5) is 0. The average molecular weight is 206 g/mol. The van der Waals surface area contributed by atoms with Gasteiger partial charge in [-0.05, 0) is 26.1 Å². The van der Waals surface area contributed by atoms with Gasteiger partial charge in [0.1, 0.15) is 5.75 Å². The summed E-state index contributed by atoms with van der Waals surface area (Å²) in [5, 5.41) is 8.14. The second-order valence-corrected chi connectivity index (χ2v) is 3.41. The van der Waals surface area contributed by atoms with Gasteiger partial charge in [-0.2, -0.15) is 0 Å². The lowest BCUT2D eigenvalue weighted by Gasteiger charge is -2.05. The van der Waals surface area contributed by atoms with Gasteiger partial charge in [-0.1, -0.05) is 11.2 Å². The lowest BCUT2D eigenvalue weighted by atomic mass is 10.1. The Labute approximate surface area is 88.2 Å². The first-order valence-corrected chi connectivity index (χ1v) is 4.87. The van der Waals surface area contributed by atoms with Gasteiger partial charge in [0.05, 0.1) is 18.5 Å². The van der Waals surface area contributed by atoms with E-state index >= 15 is 0 Å². The molecule has 2 aromatic rings. The van der Waals surface area contributed by atoms with Gasteiger partial charge >= 0.3 is 0 Å². The highest BCUT2D eigenvalue weighted by molar-refractivity contribution is 5.86. The molecule has 0 aliphatic rings. The Morgan fingerprint density at radius 2 is 2.27 bits per heavy atom. The number of hydrogen-bond acceptors (Lipinski definition) is 4. The quantitative estimate of drug-likeness (QED) is 0.835. The molecular formula is C11H14N2O2. The van der Waals surface area contributed by atoms with Crippen LogP contribution in [0.1, 0.15) is 18.7 Å². The van der Waals surface area contributed by atoms with Gasteiger partial charge in [0.2, 0.25) is 0 Å². The van der Waals surface area contributed by atoms with Crippen molar-refractivity contribution in [2.75, 3.05) is 14.2 Å². The molecular weight excluding hydrogens is 192 g/mol. The highest BCUT2D eigenvalue weighted by Gasteiger charge is 2.15. The highest BCUT2D eigenvalue weighted by atomic mass is 16.5. The van der Waals surface area contributed by atoms with Crippen LogP contribution in [0, 0.1) is 0 Å². The Morgan fingerprint density at radius 3 is 2.93 bits per heavy atom. The van der Waals surface area contributed by atoms with Crippen molar-refractivity contribution in [1.82, 2.24) is 10.5 Å². The molecule has 0 radical (unpaired) electrons. The normalized spacial score (nSPS) is 13.0. The summed E-state index contributed by atoms with van der Waals surface area (Å²) in [6.45, 7) is 2.03. The highest BCUT2D eigenvalue weighted by Crippen LogP contribution is 2.29. The molecule has 1 atom stereocenters. The monoisotopic (exact) mass is 206 g/mol. The number of hydrogen-bond donors (Lipinski definition) is 1. The number of ether oxygens (including phenoxy) is 1. The van der Waals surface area contributed by atoms with Crippen LogP contribution >= 0.6 is 0 Å². The van der Waals surface area contributed by atoms with Crippen LogP contribution in [0.5, 0.6) is 5.75 Å². The van der Waals surface area contributed by atoms with Gasteiger partial charge in [0.25, 0.3) is 0 Å². The number of benzene rings is 1. The molecule has 0 saturated heterocycles. The van der Waals surface area contributed by atoms with E-state index in [1.54, 1.807) is 7.11 Å². The van der Waals surface area contributed by atoms with E-state index in [2.05, 4.69) is 10.5 Å². The van der Waals surface area contributed by atoms with Crippen LogP contribution in [0.4, 0.5) is 0 Å². The van der Waals surface area contributed by atoms with E-state index in [0.29, 0.717) is 0 Å². The fraction of sp³-hybridized carbons (Fsp3) is 0.364. The number of aromatic nitrogens is 1. The SMILES string of the molecule is CNC(C)c1onc2c(OC)cccc12. The van der Waals surface area contributed by atoms with E-state index in [1.165, 1.54) is 0 Å². The number of fused-ring (bicyclic) bond motifs is 1. The predicted octanol–water partition coefficient (Wildman–Crippen LogP) is 2.12. The van der Waals surface area contributed by atoms with Crippen LogP contribution in [0.3, 0.4) is 0 Å². The van der Waals surface area contributed by atoms with Crippen LogP contribution in [0.2, 0.25) is 0 Å². The molecule has 2 rings (SSSR count). The minimum Gasteiger partial charge on any atom is -0.494 e. The Hall–Kier alpha value is -1.55. The zero-order chi connectivity index (χ0) is 10.8. The molecule has 15 heavy (non-hydrogen) atoms. The maximum atomic E-state index is 5.32. The van der Waals surface area contributed by atoms with E-state index in [9.17, 15) is 0 Å². The zero-order valence-electron chi connectivity index (χ0n) is 9.07. The Bertz CT molecular complexity index is 465. The summed E-state index contributed by atoms with van der Waals surface area (Å²) in [7, 11) is 3.52. The van der Waals surface area contributed by atoms with Crippen LogP contribution in [0.25, 0.3) is 10.9 Å². The topological polar surface area (TPSA) is 47.3 Å². The first kappa shape index (κ1) is 9.98. The third-order valence-corrected chi connectivity index (χ3v) is 2.55. The Balaban J connectivity index is 2.60. The molecule has 1 N–H and O–H groups in total. The van der Waals surface area contributed by atoms with Crippen molar-refractivity contribution in [3.05, 3.63) is 24.0 Å². The van der Waals surface area contributed by atoms with Crippen molar-refractivity contribution < 1.29 is 9.26 Å². The first-order chi connectivity index (χ1) is 7.27. The summed E-state index contributed by atoms with van der Waals surface area (Å²) < 4.78 is 10.5. The van der Waals surface area contributed by atoms with Crippen molar-refractivity contribution in [1.29, 1.82) is 0 Å². The van der Waals surface area contributed by atoms with E-state index in [1.807, 2.05) is 32.2 Å². The van der Waals surface area contributed by atoms with Crippen LogP contribution < -0.4 is 10.1 Å². The van der Waals surface area contributed by atoms with Gasteiger partial charge in [-0.15, -0.1) is 0 Å². The molecule has 0 aliphatic carbocycles. The van der Waals surface area contributed by atoms with Gasteiger partial charge in [0, 0.05) is 0 Å². The van der Waals surface area contributed by atoms with Crippen LogP contribution in [-0.4, -0.2) is 19.3 Å². The molecule has 4 nitrogen and oxygen atoms in total. The number of rotatable bonds is 3. The third kappa shape index (κ3) is 1.57. The van der Waals surface area contributed by atoms with Crippen LogP contribution in [-0.2, 0) is 0 Å². The van der Waals surface area contributed by atoms with E-state index in [4.69, 9.17) is 9.26 Å². The molecule has 0 bridgehead atoms. The molecule has 0 spiro atoms. The lowest BCUT2D eigenvalue weighted by molar-refractivity contribution is 0.357. The molecule has 1 aromatic carbocycles. The number of methoxy groups -OCH3 is 1. The van der Waals surface area contributed by atoms with Gasteiger partial charge in [-0.25, -0.2) is 0 Å². The average Bonchev–Trinajstić information content (AvgIpc) is 2.71. The van der Waals surface area contributed by atoms with E-state index in [-0.39, 0.29) is 6.04 Å². The minimum atomic E-state index is 0.141. The van der Waals surface area contributed by atoms with Crippen molar-refractivity contribution in [3.63, 3.8) is 0 Å². The smallest absolute Gasteiger partial charge is 0.161 e. The summed E-state index contributed by atoms with van der Waals surface area (Å²) >= 11 is 0. The Morgan fingerprint density at radius 1 is 1.47 bits per heavy atom. The largest absolute Gasteiger partial charge is 0.494 e. The minimum absolute atomic E-state index is 0.141. The molecule has 0 saturated carbocycles. The van der Waals surface area contributed by atoms with Crippen molar-refractivity contribution in [3.8, 4) is 5.75 Å². The second kappa shape index (κ2) is 3.90. The third-order valence-electron chi connectivity index (χ3n) is 2.55. The molecule has 1 aromatic heterocycles. The standard InChI is InChI=1S/C11H14N2O2/c1-7(12-2)11-8-5-4-6-9(14-3)10(8)13-15-11/h4-7,12H,1-3H3. The molecule has 80 valence electrons. The summed E-state index contributed by atoms with van der Waals surface area (Å²) in [5.74, 6) is 1.58. The maximum Gasteiger partial charge on any atom is 0.161 e. The summed E-state index contributed by atoms with van der Waals surface area (Å²) in [6.07, 6.45) is 0. The van der Waals surface area contributed by atoms with Crippen molar-refractivity contribution >= 4 is 10.9 Å². The Kier molecular flexibility index (Phi) is 2.60. The fourth-order valence-corrected chi connectivity index (χ4v) is 1.57. The number of nitrogens with zero attached hydrogens (tertiary/aromatic N) is 1. The molecule has 0 aliphatic heterocycles. The lowest BCUT2D eigenvalue weighted by Crippen LogP contribution is -2.11.